The van der Waals surface area contributed by atoms with E-state index in [1.165, 1.54) is 23.5 Å². The van der Waals surface area contributed by atoms with Gasteiger partial charge >= 0.3 is 6.18 Å². The molecule has 0 fully saturated rings. The maximum absolute atomic E-state index is 12.7. The molecule has 2 rings (SSSR count). The monoisotopic (exact) mass is 306 g/mol. The summed E-state index contributed by atoms with van der Waals surface area (Å²) in [6.07, 6.45) is -4.46. The molecule has 0 aliphatic heterocycles. The summed E-state index contributed by atoms with van der Waals surface area (Å²) in [5, 5.41) is 4.51. The van der Waals surface area contributed by atoms with Crippen LogP contribution in [0.15, 0.2) is 29.1 Å². The summed E-state index contributed by atoms with van der Waals surface area (Å²) >= 11 is 6.99. The molecule has 1 aromatic carbocycles. The van der Waals surface area contributed by atoms with E-state index >= 15 is 0 Å². The molecule has 0 radical (unpaired) electrons. The number of benzene rings is 1. The first-order valence-electron chi connectivity index (χ1n) is 5.39. The molecule has 102 valence electrons. The van der Waals surface area contributed by atoms with Gasteiger partial charge in [-0.25, -0.2) is 4.98 Å². The lowest BCUT2D eigenvalue weighted by molar-refractivity contribution is -0.137. The number of anilines is 1. The highest BCUT2D eigenvalue weighted by molar-refractivity contribution is 7.07. The van der Waals surface area contributed by atoms with E-state index in [1.807, 2.05) is 12.3 Å². The molecule has 0 aliphatic carbocycles. The summed E-state index contributed by atoms with van der Waals surface area (Å²) in [5.74, 6) is 0. The number of aromatic nitrogens is 1. The molecule has 0 saturated carbocycles. The van der Waals surface area contributed by atoms with Crippen molar-refractivity contribution in [3.8, 4) is 0 Å². The lowest BCUT2D eigenvalue weighted by Gasteiger charge is -2.16. The number of thiazole rings is 1. The van der Waals surface area contributed by atoms with Gasteiger partial charge in [-0.05, 0) is 25.1 Å². The minimum Gasteiger partial charge on any atom is -0.377 e. The average molecular weight is 307 g/mol. The number of nitrogens with one attached hydrogen (secondary N) is 1. The Morgan fingerprint density at radius 3 is 2.68 bits per heavy atom. The predicted molar refractivity (Wildman–Crippen MR) is 70.6 cm³/mol. The number of nitrogens with zero attached hydrogens (tertiary/aromatic N) is 1. The van der Waals surface area contributed by atoms with Gasteiger partial charge in [0, 0.05) is 11.1 Å². The topological polar surface area (TPSA) is 24.9 Å². The fraction of sp³-hybridized carbons (Fsp3) is 0.250. The summed E-state index contributed by atoms with van der Waals surface area (Å²) in [4.78, 5) is 4.11. The fourth-order valence-corrected chi connectivity index (χ4v) is 2.46. The van der Waals surface area contributed by atoms with Crippen LogP contribution in [-0.4, -0.2) is 4.98 Å². The minimum atomic E-state index is -4.46. The second-order valence-corrected chi connectivity index (χ2v) is 5.10. The fourth-order valence-electron chi connectivity index (χ4n) is 1.59. The van der Waals surface area contributed by atoms with Crippen molar-refractivity contribution in [2.45, 2.75) is 19.1 Å². The van der Waals surface area contributed by atoms with Crippen LogP contribution in [0, 0.1) is 0 Å². The summed E-state index contributed by atoms with van der Waals surface area (Å²) in [6.45, 7) is 1.83. The normalized spacial score (nSPS) is 13.3. The molecule has 1 heterocycles. The van der Waals surface area contributed by atoms with Crippen LogP contribution in [0.5, 0.6) is 0 Å². The molecule has 0 aliphatic rings. The number of hydrogen-bond donors (Lipinski definition) is 1. The number of halogens is 4. The first kappa shape index (κ1) is 14.1. The van der Waals surface area contributed by atoms with Crippen molar-refractivity contribution in [3.05, 3.63) is 45.4 Å². The number of hydrogen-bond acceptors (Lipinski definition) is 3. The van der Waals surface area contributed by atoms with Crippen LogP contribution in [0.1, 0.15) is 24.2 Å². The van der Waals surface area contributed by atoms with E-state index in [2.05, 4.69) is 10.3 Å². The molecule has 1 unspecified atom stereocenters. The molecular weight excluding hydrogens is 297 g/mol. The largest absolute Gasteiger partial charge is 0.417 e. The molecule has 1 aromatic heterocycles. The Bertz CT molecular complexity index is 555. The van der Waals surface area contributed by atoms with E-state index in [9.17, 15) is 13.2 Å². The number of alkyl halides is 3. The quantitative estimate of drug-likeness (QED) is 0.864. The Morgan fingerprint density at radius 1 is 1.37 bits per heavy atom. The van der Waals surface area contributed by atoms with E-state index in [0.29, 0.717) is 5.69 Å². The molecule has 19 heavy (non-hydrogen) atoms. The first-order valence-corrected chi connectivity index (χ1v) is 6.71. The summed E-state index contributed by atoms with van der Waals surface area (Å²) in [7, 11) is 0. The minimum absolute atomic E-state index is 0.173. The Labute approximate surface area is 117 Å². The highest BCUT2D eigenvalue weighted by Crippen LogP contribution is 2.36. The van der Waals surface area contributed by atoms with Gasteiger partial charge in [0.15, 0.2) is 0 Å². The van der Waals surface area contributed by atoms with Gasteiger partial charge in [-0.1, -0.05) is 11.6 Å². The van der Waals surface area contributed by atoms with E-state index in [1.54, 1.807) is 5.51 Å². The molecule has 2 nitrogen and oxygen atoms in total. The maximum atomic E-state index is 12.7. The second-order valence-electron chi connectivity index (χ2n) is 3.97. The molecule has 0 amide bonds. The molecule has 7 heteroatoms. The summed E-state index contributed by atoms with van der Waals surface area (Å²) < 4.78 is 38.1. The third-order valence-corrected chi connectivity index (χ3v) is 3.48. The van der Waals surface area contributed by atoms with Crippen LogP contribution >= 0.6 is 22.9 Å². The highest BCUT2D eigenvalue weighted by Gasteiger charge is 2.33. The molecule has 0 saturated heterocycles. The average Bonchev–Trinajstić information content (AvgIpc) is 2.83. The molecule has 1 N–H and O–H groups in total. The maximum Gasteiger partial charge on any atom is 0.417 e. The SMILES string of the molecule is CC(Nc1ccc(Cl)c(C(F)(F)F)c1)c1cscn1. The van der Waals surface area contributed by atoms with Gasteiger partial charge in [0.25, 0.3) is 0 Å². The van der Waals surface area contributed by atoms with Gasteiger partial charge in [0.1, 0.15) is 0 Å². The summed E-state index contributed by atoms with van der Waals surface area (Å²) in [6, 6.07) is 3.58. The van der Waals surface area contributed by atoms with Crippen molar-refractivity contribution in [2.24, 2.45) is 0 Å². The second kappa shape index (κ2) is 5.38. The standard InChI is InChI=1S/C12H10ClF3N2S/c1-7(11-5-19-6-17-11)18-8-2-3-10(13)9(4-8)12(14,15)16/h2-7,18H,1H3. The number of rotatable bonds is 3. The third kappa shape index (κ3) is 3.39. The molecule has 1 atom stereocenters. The van der Waals surface area contributed by atoms with Crippen LogP contribution in [0.25, 0.3) is 0 Å². The van der Waals surface area contributed by atoms with Gasteiger partial charge < -0.3 is 5.32 Å². The van der Waals surface area contributed by atoms with Crippen molar-refractivity contribution in [1.29, 1.82) is 0 Å². The van der Waals surface area contributed by atoms with Crippen molar-refractivity contribution in [1.82, 2.24) is 4.98 Å². The van der Waals surface area contributed by atoms with Crippen LogP contribution in [0.4, 0.5) is 18.9 Å². The van der Waals surface area contributed by atoms with Crippen LogP contribution in [-0.2, 0) is 6.18 Å². The lowest BCUT2D eigenvalue weighted by Crippen LogP contribution is -2.10. The molecular formula is C12H10ClF3N2S. The Kier molecular flexibility index (Phi) is 4.01. The first-order chi connectivity index (χ1) is 8.88. The molecule has 0 bridgehead atoms. The third-order valence-electron chi connectivity index (χ3n) is 2.55. The smallest absolute Gasteiger partial charge is 0.377 e. The van der Waals surface area contributed by atoms with Gasteiger partial charge in [0.05, 0.1) is 27.8 Å². The zero-order chi connectivity index (χ0) is 14.0. The predicted octanol–water partition coefficient (Wildman–Crippen LogP) is 4.99. The van der Waals surface area contributed by atoms with Crippen LogP contribution in [0.3, 0.4) is 0 Å². The molecule has 2 aromatic rings. The highest BCUT2D eigenvalue weighted by atomic mass is 35.5. The van der Waals surface area contributed by atoms with Gasteiger partial charge in [-0.2, -0.15) is 13.2 Å². The van der Waals surface area contributed by atoms with Crippen molar-refractivity contribution in [2.75, 3.05) is 5.32 Å². The van der Waals surface area contributed by atoms with Crippen LogP contribution in [0.2, 0.25) is 5.02 Å². The van der Waals surface area contributed by atoms with E-state index in [0.717, 1.165) is 11.8 Å². The van der Waals surface area contributed by atoms with Crippen LogP contribution < -0.4 is 5.32 Å². The Hall–Kier alpha value is -1.27. The lowest BCUT2D eigenvalue weighted by atomic mass is 10.1. The van der Waals surface area contributed by atoms with Gasteiger partial charge in [-0.15, -0.1) is 11.3 Å². The Morgan fingerprint density at radius 2 is 2.11 bits per heavy atom. The van der Waals surface area contributed by atoms with Crippen molar-refractivity contribution >= 4 is 28.6 Å². The van der Waals surface area contributed by atoms with E-state index in [-0.39, 0.29) is 11.1 Å². The zero-order valence-corrected chi connectivity index (χ0v) is 11.4. The Balaban J connectivity index is 2.22. The van der Waals surface area contributed by atoms with E-state index < -0.39 is 11.7 Å². The van der Waals surface area contributed by atoms with Crippen molar-refractivity contribution in [3.63, 3.8) is 0 Å². The van der Waals surface area contributed by atoms with E-state index in [4.69, 9.17) is 11.6 Å². The molecule has 0 spiro atoms. The zero-order valence-electron chi connectivity index (χ0n) is 9.83. The summed E-state index contributed by atoms with van der Waals surface area (Å²) in [5.41, 5.74) is 1.98. The van der Waals surface area contributed by atoms with Crippen molar-refractivity contribution < 1.29 is 13.2 Å². The van der Waals surface area contributed by atoms with Gasteiger partial charge in [-0.3, -0.25) is 0 Å². The van der Waals surface area contributed by atoms with Gasteiger partial charge in [0.2, 0.25) is 0 Å².